The number of carbonyl (C=O) groups excluding carboxylic acids is 1. The van der Waals surface area contributed by atoms with Gasteiger partial charge in [-0.3, -0.25) is 4.55 Å². The van der Waals surface area contributed by atoms with Gasteiger partial charge in [-0.25, -0.2) is 0 Å². The van der Waals surface area contributed by atoms with Gasteiger partial charge in [0.1, 0.15) is 10.7 Å². The smallest absolute Gasteiger partial charge is 0.295 e. The highest BCUT2D eigenvalue weighted by atomic mass is 32.2. The van der Waals surface area contributed by atoms with E-state index in [9.17, 15) is 13.2 Å². The van der Waals surface area contributed by atoms with E-state index in [1.165, 1.54) is 19.9 Å². The van der Waals surface area contributed by atoms with E-state index in [-0.39, 0.29) is 10.7 Å². The lowest BCUT2D eigenvalue weighted by Crippen LogP contribution is -1.98. The molecule has 0 fully saturated rings. The number of Topliss-reactive ketones (excluding diaryl/α,β-unsaturated/α-hetero) is 1. The maximum atomic E-state index is 11.0. The predicted molar refractivity (Wildman–Crippen MR) is 70.1 cm³/mol. The molecule has 0 unspecified atom stereocenters. The molecule has 2 rings (SSSR count). The van der Waals surface area contributed by atoms with Gasteiger partial charge in [0.05, 0.1) is 0 Å². The van der Waals surface area contributed by atoms with Crippen LogP contribution >= 0.6 is 0 Å². The number of hydrogen-bond acceptors (Lipinski definition) is 3. The van der Waals surface area contributed by atoms with Gasteiger partial charge in [0.25, 0.3) is 10.1 Å². The Bertz CT molecular complexity index is 650. The van der Waals surface area contributed by atoms with Crippen molar-refractivity contribution in [1.29, 1.82) is 0 Å². The Kier molecular flexibility index (Phi) is 4.58. The molecule has 4 nitrogen and oxygen atoms in total. The summed E-state index contributed by atoms with van der Waals surface area (Å²) in [5, 5.41) is 1.33. The largest absolute Gasteiger partial charge is 0.300 e. The highest BCUT2D eigenvalue weighted by molar-refractivity contribution is 7.86. The molecule has 18 heavy (non-hydrogen) atoms. The van der Waals surface area contributed by atoms with Crippen molar-refractivity contribution in [2.75, 3.05) is 0 Å². The van der Waals surface area contributed by atoms with Crippen LogP contribution in [-0.2, 0) is 14.9 Å². The van der Waals surface area contributed by atoms with Crippen LogP contribution in [0.5, 0.6) is 0 Å². The zero-order valence-corrected chi connectivity index (χ0v) is 10.9. The zero-order chi connectivity index (χ0) is 13.8. The summed E-state index contributed by atoms with van der Waals surface area (Å²) in [6.45, 7) is 3.06. The number of carbonyl (C=O) groups is 1. The van der Waals surface area contributed by atoms with Gasteiger partial charge in [0.2, 0.25) is 0 Å². The van der Waals surface area contributed by atoms with Crippen LogP contribution < -0.4 is 0 Å². The first-order valence-electron chi connectivity index (χ1n) is 5.25. The quantitative estimate of drug-likeness (QED) is 0.805. The first-order chi connectivity index (χ1) is 8.32. The molecular weight excluding hydrogens is 252 g/mol. The van der Waals surface area contributed by atoms with Crippen LogP contribution in [0.3, 0.4) is 0 Å². The van der Waals surface area contributed by atoms with E-state index in [1.807, 2.05) is 6.07 Å². The third-order valence-corrected chi connectivity index (χ3v) is 2.94. The van der Waals surface area contributed by atoms with E-state index in [0.717, 1.165) is 5.39 Å². The highest BCUT2D eigenvalue weighted by Crippen LogP contribution is 2.21. The Labute approximate surface area is 106 Å². The third kappa shape index (κ3) is 3.94. The minimum Gasteiger partial charge on any atom is -0.300 e. The van der Waals surface area contributed by atoms with E-state index >= 15 is 0 Å². The summed E-state index contributed by atoms with van der Waals surface area (Å²) in [5.41, 5.74) is 0. The second-order valence-electron chi connectivity index (χ2n) is 3.86. The molecule has 0 saturated heterocycles. The summed E-state index contributed by atoms with van der Waals surface area (Å²) in [6, 6.07) is 11.8. The zero-order valence-electron chi connectivity index (χ0n) is 10.1. The number of ketones is 1. The van der Waals surface area contributed by atoms with Gasteiger partial charge in [0.15, 0.2) is 0 Å². The fourth-order valence-electron chi connectivity index (χ4n) is 1.42. The molecule has 0 aromatic heterocycles. The lowest BCUT2D eigenvalue weighted by Gasteiger charge is -2.02. The summed E-state index contributed by atoms with van der Waals surface area (Å²) in [5.74, 6) is 0.167. The highest BCUT2D eigenvalue weighted by Gasteiger charge is 2.12. The van der Waals surface area contributed by atoms with Crippen LogP contribution in [0.1, 0.15) is 13.8 Å². The van der Waals surface area contributed by atoms with Crippen LogP contribution in [0.4, 0.5) is 0 Å². The summed E-state index contributed by atoms with van der Waals surface area (Å²) in [6.07, 6.45) is 0. The first kappa shape index (κ1) is 14.3. The average Bonchev–Trinajstić information content (AvgIpc) is 2.26. The van der Waals surface area contributed by atoms with E-state index in [0.29, 0.717) is 5.39 Å². The number of fused-ring (bicyclic) bond motifs is 1. The van der Waals surface area contributed by atoms with Gasteiger partial charge >= 0.3 is 0 Å². The first-order valence-corrected chi connectivity index (χ1v) is 6.69. The van der Waals surface area contributed by atoms with Crippen LogP contribution in [0, 0.1) is 0 Å². The Balaban J connectivity index is 0.000000357. The van der Waals surface area contributed by atoms with E-state index in [2.05, 4.69) is 0 Å². The van der Waals surface area contributed by atoms with E-state index in [1.54, 1.807) is 30.3 Å². The van der Waals surface area contributed by atoms with Crippen LogP contribution in [0.15, 0.2) is 47.4 Å². The van der Waals surface area contributed by atoms with E-state index in [4.69, 9.17) is 4.55 Å². The van der Waals surface area contributed by atoms with E-state index < -0.39 is 10.1 Å². The lowest BCUT2D eigenvalue weighted by molar-refractivity contribution is -0.114. The molecule has 96 valence electrons. The van der Waals surface area contributed by atoms with Gasteiger partial charge in [-0.1, -0.05) is 36.4 Å². The average molecular weight is 266 g/mol. The number of hydrogen-bond donors (Lipinski definition) is 1. The predicted octanol–water partition coefficient (Wildman–Crippen LogP) is 2.68. The molecule has 0 saturated carbocycles. The maximum Gasteiger partial charge on any atom is 0.295 e. The van der Waals surface area contributed by atoms with Crippen LogP contribution in [0.25, 0.3) is 10.8 Å². The maximum absolute atomic E-state index is 11.0. The lowest BCUT2D eigenvalue weighted by atomic mass is 10.1. The molecule has 0 aliphatic heterocycles. The molecule has 0 amide bonds. The van der Waals surface area contributed by atoms with Gasteiger partial charge in [0, 0.05) is 5.39 Å². The minimum atomic E-state index is -4.13. The summed E-state index contributed by atoms with van der Waals surface area (Å²) in [7, 11) is -4.13. The summed E-state index contributed by atoms with van der Waals surface area (Å²) in [4.78, 5) is 9.40. The number of benzene rings is 2. The SMILES string of the molecule is CC(C)=O.O=S(=O)(O)c1cccc2ccccc12. The fourth-order valence-corrected chi connectivity index (χ4v) is 2.13. The second-order valence-corrected chi connectivity index (χ2v) is 5.25. The molecule has 0 spiro atoms. The Hall–Kier alpha value is -1.72. The second kappa shape index (κ2) is 5.75. The number of rotatable bonds is 1. The Morgan fingerprint density at radius 2 is 1.50 bits per heavy atom. The monoisotopic (exact) mass is 266 g/mol. The summed E-state index contributed by atoms with van der Waals surface area (Å²) < 4.78 is 31.0. The van der Waals surface area contributed by atoms with Crippen molar-refractivity contribution in [2.24, 2.45) is 0 Å². The standard InChI is InChI=1S/C10H8O3S.C3H6O/c11-14(12,13)10-7-3-5-8-4-1-2-6-9(8)10;1-3(2)4/h1-7H,(H,11,12,13);1-2H3. The molecule has 0 heterocycles. The van der Waals surface area contributed by atoms with Crippen molar-refractivity contribution < 1.29 is 17.8 Å². The van der Waals surface area contributed by atoms with Gasteiger partial charge in [-0.05, 0) is 25.3 Å². The van der Waals surface area contributed by atoms with Gasteiger partial charge in [-0.2, -0.15) is 8.42 Å². The molecule has 0 radical (unpaired) electrons. The van der Waals surface area contributed by atoms with Crippen molar-refractivity contribution in [1.82, 2.24) is 0 Å². The molecule has 2 aromatic rings. The Morgan fingerprint density at radius 1 is 1.00 bits per heavy atom. The topological polar surface area (TPSA) is 71.4 Å². The third-order valence-electron chi connectivity index (χ3n) is 2.03. The minimum absolute atomic E-state index is 0.0457. The normalized spacial score (nSPS) is 10.6. The van der Waals surface area contributed by atoms with Gasteiger partial charge < -0.3 is 4.79 Å². The molecule has 0 aliphatic carbocycles. The molecule has 0 bridgehead atoms. The van der Waals surface area contributed by atoms with Gasteiger partial charge in [-0.15, -0.1) is 0 Å². The molecule has 0 aliphatic rings. The Morgan fingerprint density at radius 3 is 2.06 bits per heavy atom. The van der Waals surface area contributed by atoms with Crippen LogP contribution in [0.2, 0.25) is 0 Å². The molecule has 2 aromatic carbocycles. The molecule has 0 atom stereocenters. The van der Waals surface area contributed by atoms with Crippen molar-refractivity contribution in [3.63, 3.8) is 0 Å². The van der Waals surface area contributed by atoms with Crippen LogP contribution in [-0.4, -0.2) is 18.8 Å². The summed E-state index contributed by atoms with van der Waals surface area (Å²) >= 11 is 0. The molecule has 1 N–H and O–H groups in total. The molecule has 5 heteroatoms. The van der Waals surface area contributed by atoms with Crippen molar-refractivity contribution >= 4 is 26.7 Å². The molecular formula is C13H14O4S. The fraction of sp³-hybridized carbons (Fsp3) is 0.154. The van der Waals surface area contributed by atoms with Crippen molar-refractivity contribution in [3.05, 3.63) is 42.5 Å². The van der Waals surface area contributed by atoms with Crippen molar-refractivity contribution in [3.8, 4) is 0 Å². The van der Waals surface area contributed by atoms with Crippen molar-refractivity contribution in [2.45, 2.75) is 18.7 Å².